The highest BCUT2D eigenvalue weighted by Crippen LogP contribution is 2.31. The average Bonchev–Trinajstić information content (AvgIpc) is 3.03. The lowest BCUT2D eigenvalue weighted by Gasteiger charge is -2.28. The highest BCUT2D eigenvalue weighted by Gasteiger charge is 2.32. The van der Waals surface area contributed by atoms with E-state index in [-0.39, 0.29) is 17.1 Å². The molecule has 2 unspecified atom stereocenters. The van der Waals surface area contributed by atoms with Gasteiger partial charge in [-0.2, -0.15) is 5.26 Å². The molecule has 138 valence electrons. The highest BCUT2D eigenvalue weighted by molar-refractivity contribution is 8.02. The zero-order valence-electron chi connectivity index (χ0n) is 15.5. The van der Waals surface area contributed by atoms with Crippen LogP contribution in [0.1, 0.15) is 33.3 Å². The number of amides is 1. The van der Waals surface area contributed by atoms with Gasteiger partial charge in [0.15, 0.2) is 4.34 Å². The van der Waals surface area contributed by atoms with E-state index >= 15 is 0 Å². The third-order valence-corrected chi connectivity index (χ3v) is 6.15. The van der Waals surface area contributed by atoms with Crippen LogP contribution in [0.2, 0.25) is 0 Å². The van der Waals surface area contributed by atoms with E-state index in [4.69, 9.17) is 0 Å². The number of carbonyl (C=O) groups is 1. The Morgan fingerprint density at radius 3 is 2.50 bits per heavy atom. The Morgan fingerprint density at radius 1 is 1.27 bits per heavy atom. The molecule has 0 aliphatic carbocycles. The van der Waals surface area contributed by atoms with Gasteiger partial charge in [0.2, 0.25) is 11.0 Å². The number of nitrogens with zero attached hydrogens (tertiary/aromatic N) is 3. The molecule has 0 fully saturated rings. The van der Waals surface area contributed by atoms with Crippen molar-refractivity contribution in [1.29, 1.82) is 5.26 Å². The van der Waals surface area contributed by atoms with E-state index in [0.29, 0.717) is 9.47 Å². The normalized spacial score (nSPS) is 14.3. The predicted octanol–water partition coefficient (Wildman–Crippen LogP) is 4.13. The molecule has 2 aromatic rings. The van der Waals surface area contributed by atoms with Crippen LogP contribution in [0.5, 0.6) is 0 Å². The average molecular weight is 390 g/mol. The molecule has 1 amide bonds. The van der Waals surface area contributed by atoms with Gasteiger partial charge < -0.3 is 10.6 Å². The lowest BCUT2D eigenvalue weighted by molar-refractivity contribution is -0.121. The number of thioether (sulfide) groups is 1. The quantitative estimate of drug-likeness (QED) is 0.692. The van der Waals surface area contributed by atoms with Gasteiger partial charge in [0.1, 0.15) is 5.54 Å². The van der Waals surface area contributed by atoms with Crippen LogP contribution in [0.25, 0.3) is 0 Å². The van der Waals surface area contributed by atoms with E-state index < -0.39 is 5.54 Å². The molecule has 0 aliphatic rings. The molecule has 26 heavy (non-hydrogen) atoms. The second-order valence-corrected chi connectivity index (χ2v) is 9.15. The summed E-state index contributed by atoms with van der Waals surface area (Å²) in [6.07, 6.45) is 0. The topological polar surface area (TPSA) is 90.7 Å². The summed E-state index contributed by atoms with van der Waals surface area (Å²) in [4.78, 5) is 12.4. The summed E-state index contributed by atoms with van der Waals surface area (Å²) in [5.41, 5.74) is 1.25. The number of carbonyl (C=O) groups excluding carboxylic acids is 1. The monoisotopic (exact) mass is 389 g/mol. The Hall–Kier alpha value is -2.11. The largest absolute Gasteiger partial charge is 0.337 e. The molecule has 0 radical (unpaired) electrons. The maximum atomic E-state index is 12.4. The van der Waals surface area contributed by atoms with Crippen LogP contribution >= 0.6 is 23.1 Å². The minimum atomic E-state index is -0.884. The van der Waals surface area contributed by atoms with E-state index in [9.17, 15) is 10.1 Å². The number of nitriles is 1. The molecule has 0 aliphatic heterocycles. The smallest absolute Gasteiger partial charge is 0.234 e. The van der Waals surface area contributed by atoms with Gasteiger partial charge >= 0.3 is 0 Å². The van der Waals surface area contributed by atoms with Gasteiger partial charge in [-0.15, -0.1) is 10.2 Å². The number of benzene rings is 1. The predicted molar refractivity (Wildman–Crippen MR) is 107 cm³/mol. The van der Waals surface area contributed by atoms with Gasteiger partial charge in [-0.25, -0.2) is 0 Å². The summed E-state index contributed by atoms with van der Waals surface area (Å²) in [5, 5.41) is 23.9. The molecular weight excluding hydrogens is 366 g/mol. The summed E-state index contributed by atoms with van der Waals surface area (Å²) in [6.45, 7) is 9.39. The van der Waals surface area contributed by atoms with Crippen LogP contribution in [-0.2, 0) is 4.79 Å². The Labute approximate surface area is 162 Å². The second-order valence-electron chi connectivity index (χ2n) is 6.58. The van der Waals surface area contributed by atoms with Crippen molar-refractivity contribution in [1.82, 2.24) is 15.5 Å². The first-order valence-electron chi connectivity index (χ1n) is 8.30. The Balaban J connectivity index is 1.96. The molecule has 1 aromatic carbocycles. The maximum absolute atomic E-state index is 12.4. The molecule has 0 spiro atoms. The van der Waals surface area contributed by atoms with Crippen LogP contribution < -0.4 is 10.6 Å². The van der Waals surface area contributed by atoms with Crippen molar-refractivity contribution in [2.24, 2.45) is 5.92 Å². The first-order chi connectivity index (χ1) is 12.2. The fourth-order valence-electron chi connectivity index (χ4n) is 1.93. The second kappa shape index (κ2) is 8.52. The molecular formula is C18H23N5OS2. The SMILES string of the molecule is Cc1ccc(Nc2nnc(SC(C)C(=O)NC(C)(C#N)C(C)C)s2)cc1. The highest BCUT2D eigenvalue weighted by atomic mass is 32.2. The minimum Gasteiger partial charge on any atom is -0.337 e. The van der Waals surface area contributed by atoms with E-state index in [0.717, 1.165) is 5.69 Å². The van der Waals surface area contributed by atoms with Gasteiger partial charge in [-0.3, -0.25) is 4.79 Å². The van der Waals surface area contributed by atoms with Crippen LogP contribution in [-0.4, -0.2) is 26.9 Å². The fraction of sp³-hybridized carbons (Fsp3) is 0.444. The van der Waals surface area contributed by atoms with Crippen LogP contribution in [0.3, 0.4) is 0 Å². The van der Waals surface area contributed by atoms with Crippen LogP contribution in [0.15, 0.2) is 28.6 Å². The van der Waals surface area contributed by atoms with E-state index in [1.807, 2.05) is 45.0 Å². The summed E-state index contributed by atoms with van der Waals surface area (Å²) in [5.74, 6) is -0.170. The first kappa shape index (κ1) is 20.2. The number of anilines is 2. The Kier molecular flexibility index (Phi) is 6.62. The first-order valence-corrected chi connectivity index (χ1v) is 10.00. The number of hydrogen-bond acceptors (Lipinski definition) is 7. The van der Waals surface area contributed by atoms with Crippen molar-refractivity contribution in [3.05, 3.63) is 29.8 Å². The summed E-state index contributed by atoms with van der Waals surface area (Å²) >= 11 is 2.72. The third kappa shape index (κ3) is 5.19. The van der Waals surface area contributed by atoms with Gasteiger partial charge in [0, 0.05) is 5.69 Å². The van der Waals surface area contributed by atoms with Crippen molar-refractivity contribution in [2.45, 2.75) is 49.7 Å². The third-order valence-electron chi connectivity index (χ3n) is 4.13. The molecule has 0 saturated carbocycles. The van der Waals surface area contributed by atoms with Gasteiger partial charge in [-0.1, -0.05) is 54.6 Å². The van der Waals surface area contributed by atoms with Crippen LogP contribution in [0.4, 0.5) is 10.8 Å². The lowest BCUT2D eigenvalue weighted by Crippen LogP contribution is -2.51. The summed E-state index contributed by atoms with van der Waals surface area (Å²) in [7, 11) is 0. The molecule has 1 aromatic heterocycles. The molecule has 0 bridgehead atoms. The fourth-order valence-corrected chi connectivity index (χ4v) is 3.85. The summed E-state index contributed by atoms with van der Waals surface area (Å²) in [6, 6.07) is 10.2. The van der Waals surface area contributed by atoms with Crippen molar-refractivity contribution in [3.8, 4) is 6.07 Å². The number of hydrogen-bond donors (Lipinski definition) is 2. The van der Waals surface area contributed by atoms with Crippen molar-refractivity contribution < 1.29 is 4.79 Å². The number of rotatable bonds is 7. The molecule has 2 rings (SSSR count). The molecule has 2 atom stereocenters. The number of aromatic nitrogens is 2. The van der Waals surface area contributed by atoms with Crippen molar-refractivity contribution in [2.75, 3.05) is 5.32 Å². The lowest BCUT2D eigenvalue weighted by atomic mass is 9.90. The molecule has 6 nitrogen and oxygen atoms in total. The Bertz CT molecular complexity index is 797. The van der Waals surface area contributed by atoms with Crippen molar-refractivity contribution >= 4 is 39.8 Å². The molecule has 1 heterocycles. The van der Waals surface area contributed by atoms with E-state index in [1.54, 1.807) is 13.8 Å². The summed E-state index contributed by atoms with van der Waals surface area (Å²) < 4.78 is 0.700. The zero-order chi connectivity index (χ0) is 19.3. The van der Waals surface area contributed by atoms with Crippen LogP contribution in [0, 0.1) is 24.2 Å². The Morgan fingerprint density at radius 2 is 1.92 bits per heavy atom. The standard InChI is InChI=1S/C18H23N5OS2/c1-11(2)18(5,10-19)21-15(24)13(4)25-17-23-22-16(26-17)20-14-8-6-12(3)7-9-14/h6-9,11,13H,1-5H3,(H,20,22)(H,21,24). The molecule has 0 saturated heterocycles. The van der Waals surface area contributed by atoms with E-state index in [2.05, 4.69) is 26.9 Å². The molecule has 2 N–H and O–H groups in total. The number of aryl methyl sites for hydroxylation is 1. The van der Waals surface area contributed by atoms with Gasteiger partial charge in [0.05, 0.1) is 11.3 Å². The maximum Gasteiger partial charge on any atom is 0.234 e. The minimum absolute atomic E-state index is 0.0143. The molecule has 8 heteroatoms. The van der Waals surface area contributed by atoms with Gasteiger partial charge in [0.25, 0.3) is 0 Å². The number of nitrogens with one attached hydrogen (secondary N) is 2. The van der Waals surface area contributed by atoms with E-state index in [1.165, 1.54) is 28.7 Å². The van der Waals surface area contributed by atoms with Crippen molar-refractivity contribution in [3.63, 3.8) is 0 Å². The zero-order valence-corrected chi connectivity index (χ0v) is 17.2. The van der Waals surface area contributed by atoms with Gasteiger partial charge in [-0.05, 0) is 38.8 Å².